The summed E-state index contributed by atoms with van der Waals surface area (Å²) in [6.45, 7) is 4.28. The van der Waals surface area contributed by atoms with Gasteiger partial charge in [-0.3, -0.25) is 4.90 Å². The van der Waals surface area contributed by atoms with Crippen LogP contribution in [0.15, 0.2) is 48.5 Å². The summed E-state index contributed by atoms with van der Waals surface area (Å²) in [5.74, 6) is 0. The molecule has 0 unspecified atom stereocenters. The van der Waals surface area contributed by atoms with Crippen LogP contribution in [0.2, 0.25) is 0 Å². The van der Waals surface area contributed by atoms with Gasteiger partial charge in [0.2, 0.25) is 0 Å². The van der Waals surface area contributed by atoms with E-state index in [1.165, 1.54) is 54.6 Å². The molecule has 1 aliphatic rings. The molecule has 2 heteroatoms. The van der Waals surface area contributed by atoms with E-state index in [0.29, 0.717) is 6.54 Å². The first-order chi connectivity index (χ1) is 10.8. The third-order valence-electron chi connectivity index (χ3n) is 4.48. The van der Waals surface area contributed by atoms with E-state index < -0.39 is 0 Å². The van der Waals surface area contributed by atoms with Gasteiger partial charge in [0.05, 0.1) is 0 Å². The summed E-state index contributed by atoms with van der Waals surface area (Å²) in [6, 6.07) is 17.8. The standard InChI is InChI=1S/C20H26N2/c21-11-10-17-6-4-8-19(14-17)20-9-5-7-18(15-20)16-22-12-2-1-3-13-22/h4-9,14-15H,1-3,10-13,16,21H2. The second-order valence-electron chi connectivity index (χ2n) is 6.28. The predicted molar refractivity (Wildman–Crippen MR) is 93.8 cm³/mol. The number of piperidine rings is 1. The molecule has 0 spiro atoms. The van der Waals surface area contributed by atoms with E-state index in [1.807, 2.05) is 0 Å². The summed E-state index contributed by atoms with van der Waals surface area (Å²) in [5, 5.41) is 0. The van der Waals surface area contributed by atoms with E-state index in [9.17, 15) is 0 Å². The van der Waals surface area contributed by atoms with E-state index in [0.717, 1.165) is 13.0 Å². The zero-order valence-corrected chi connectivity index (χ0v) is 13.3. The van der Waals surface area contributed by atoms with E-state index in [-0.39, 0.29) is 0 Å². The summed E-state index contributed by atoms with van der Waals surface area (Å²) < 4.78 is 0. The SMILES string of the molecule is NCCc1cccc(-c2cccc(CN3CCCCC3)c2)c1. The van der Waals surface area contributed by atoms with Gasteiger partial charge in [0.25, 0.3) is 0 Å². The number of likely N-dealkylation sites (tertiary alicyclic amines) is 1. The summed E-state index contributed by atoms with van der Waals surface area (Å²) in [7, 11) is 0. The van der Waals surface area contributed by atoms with Gasteiger partial charge in [0.15, 0.2) is 0 Å². The molecule has 0 radical (unpaired) electrons. The predicted octanol–water partition coefficient (Wildman–Crippen LogP) is 3.84. The van der Waals surface area contributed by atoms with Crippen molar-refractivity contribution in [1.82, 2.24) is 4.90 Å². The molecule has 22 heavy (non-hydrogen) atoms. The van der Waals surface area contributed by atoms with Crippen LogP contribution in [-0.2, 0) is 13.0 Å². The lowest BCUT2D eigenvalue weighted by Crippen LogP contribution is -2.29. The fourth-order valence-corrected chi connectivity index (χ4v) is 3.30. The van der Waals surface area contributed by atoms with Crippen molar-refractivity contribution in [3.05, 3.63) is 59.7 Å². The van der Waals surface area contributed by atoms with Gasteiger partial charge in [-0.1, -0.05) is 48.9 Å². The number of benzene rings is 2. The number of nitrogens with zero attached hydrogens (tertiary/aromatic N) is 1. The maximum absolute atomic E-state index is 5.67. The van der Waals surface area contributed by atoms with Gasteiger partial charge < -0.3 is 5.73 Å². The van der Waals surface area contributed by atoms with Crippen LogP contribution in [0.4, 0.5) is 0 Å². The average Bonchev–Trinajstić information content (AvgIpc) is 2.57. The van der Waals surface area contributed by atoms with Crippen LogP contribution in [0, 0.1) is 0 Å². The molecule has 2 aromatic rings. The first-order valence-corrected chi connectivity index (χ1v) is 8.46. The largest absolute Gasteiger partial charge is 0.330 e. The molecular formula is C20H26N2. The molecule has 2 N–H and O–H groups in total. The Kier molecular flexibility index (Phi) is 5.25. The van der Waals surface area contributed by atoms with Gasteiger partial charge in [-0.15, -0.1) is 0 Å². The summed E-state index contributed by atoms with van der Waals surface area (Å²) in [6.07, 6.45) is 5.04. The first-order valence-electron chi connectivity index (χ1n) is 8.46. The quantitative estimate of drug-likeness (QED) is 0.908. The molecule has 0 aromatic heterocycles. The second kappa shape index (κ2) is 7.57. The Labute approximate surface area is 134 Å². The Balaban J connectivity index is 1.76. The normalized spacial score (nSPS) is 15.9. The lowest BCUT2D eigenvalue weighted by molar-refractivity contribution is 0.221. The molecule has 3 rings (SSSR count). The molecule has 1 heterocycles. The Bertz CT molecular complexity index is 600. The molecule has 0 saturated carbocycles. The third kappa shape index (κ3) is 3.96. The van der Waals surface area contributed by atoms with Gasteiger partial charge in [-0.25, -0.2) is 0 Å². The lowest BCUT2D eigenvalue weighted by Gasteiger charge is -2.26. The van der Waals surface area contributed by atoms with E-state index >= 15 is 0 Å². The number of rotatable bonds is 5. The zero-order valence-electron chi connectivity index (χ0n) is 13.3. The molecule has 2 nitrogen and oxygen atoms in total. The van der Waals surface area contributed by atoms with Gasteiger partial charge in [-0.05, 0) is 67.2 Å². The fourth-order valence-electron chi connectivity index (χ4n) is 3.30. The Morgan fingerprint density at radius 2 is 1.45 bits per heavy atom. The minimum Gasteiger partial charge on any atom is -0.330 e. The van der Waals surface area contributed by atoms with Gasteiger partial charge in [-0.2, -0.15) is 0 Å². The first kappa shape index (κ1) is 15.3. The monoisotopic (exact) mass is 294 g/mol. The molecule has 2 aromatic carbocycles. The number of nitrogens with two attached hydrogens (primary N) is 1. The van der Waals surface area contributed by atoms with Crippen molar-refractivity contribution >= 4 is 0 Å². The minimum absolute atomic E-state index is 0.707. The average molecular weight is 294 g/mol. The van der Waals surface area contributed by atoms with Crippen molar-refractivity contribution in [1.29, 1.82) is 0 Å². The second-order valence-corrected chi connectivity index (χ2v) is 6.28. The molecule has 0 amide bonds. The molecule has 1 fully saturated rings. The van der Waals surface area contributed by atoms with Crippen molar-refractivity contribution in [2.45, 2.75) is 32.2 Å². The molecule has 1 saturated heterocycles. The smallest absolute Gasteiger partial charge is 0.0233 e. The minimum atomic E-state index is 0.707. The van der Waals surface area contributed by atoms with E-state index in [1.54, 1.807) is 0 Å². The van der Waals surface area contributed by atoms with Gasteiger partial charge >= 0.3 is 0 Å². The van der Waals surface area contributed by atoms with Crippen LogP contribution < -0.4 is 5.73 Å². The Hall–Kier alpha value is -1.64. The summed E-state index contributed by atoms with van der Waals surface area (Å²) >= 11 is 0. The molecule has 0 atom stereocenters. The van der Waals surface area contributed by atoms with Crippen LogP contribution in [-0.4, -0.2) is 24.5 Å². The molecule has 0 aliphatic carbocycles. The van der Waals surface area contributed by atoms with Crippen LogP contribution in [0.1, 0.15) is 30.4 Å². The Morgan fingerprint density at radius 3 is 2.14 bits per heavy atom. The fraction of sp³-hybridized carbons (Fsp3) is 0.400. The van der Waals surface area contributed by atoms with Crippen molar-refractivity contribution < 1.29 is 0 Å². The van der Waals surface area contributed by atoms with Crippen molar-refractivity contribution in [3.8, 4) is 11.1 Å². The number of hydrogen-bond donors (Lipinski definition) is 1. The number of hydrogen-bond acceptors (Lipinski definition) is 2. The van der Waals surface area contributed by atoms with Crippen LogP contribution in [0.5, 0.6) is 0 Å². The van der Waals surface area contributed by atoms with Gasteiger partial charge in [0, 0.05) is 6.54 Å². The molecule has 1 aliphatic heterocycles. The highest BCUT2D eigenvalue weighted by Crippen LogP contribution is 2.23. The van der Waals surface area contributed by atoms with Gasteiger partial charge in [0.1, 0.15) is 0 Å². The lowest BCUT2D eigenvalue weighted by atomic mass is 9.99. The van der Waals surface area contributed by atoms with Crippen LogP contribution in [0.25, 0.3) is 11.1 Å². The van der Waals surface area contributed by atoms with Crippen molar-refractivity contribution in [3.63, 3.8) is 0 Å². The maximum Gasteiger partial charge on any atom is 0.0233 e. The topological polar surface area (TPSA) is 29.3 Å². The van der Waals surface area contributed by atoms with Crippen molar-refractivity contribution in [2.75, 3.05) is 19.6 Å². The Morgan fingerprint density at radius 1 is 0.818 bits per heavy atom. The molecule has 116 valence electrons. The van der Waals surface area contributed by atoms with E-state index in [2.05, 4.69) is 53.4 Å². The zero-order chi connectivity index (χ0) is 15.2. The third-order valence-corrected chi connectivity index (χ3v) is 4.48. The summed E-state index contributed by atoms with van der Waals surface area (Å²) in [4.78, 5) is 2.58. The van der Waals surface area contributed by atoms with Crippen LogP contribution in [0.3, 0.4) is 0 Å². The molecule has 0 bridgehead atoms. The highest BCUT2D eigenvalue weighted by Gasteiger charge is 2.10. The highest BCUT2D eigenvalue weighted by molar-refractivity contribution is 5.65. The highest BCUT2D eigenvalue weighted by atomic mass is 15.1. The van der Waals surface area contributed by atoms with Crippen molar-refractivity contribution in [2.24, 2.45) is 5.73 Å². The van der Waals surface area contributed by atoms with E-state index in [4.69, 9.17) is 5.73 Å². The molecular weight excluding hydrogens is 268 g/mol. The maximum atomic E-state index is 5.67. The summed E-state index contributed by atoms with van der Waals surface area (Å²) in [5.41, 5.74) is 11.0. The van der Waals surface area contributed by atoms with Crippen LogP contribution >= 0.6 is 0 Å².